The number of hydrogen-bond donors (Lipinski definition) is 1. The van der Waals surface area contributed by atoms with Crippen molar-refractivity contribution in [3.05, 3.63) is 23.0 Å². The van der Waals surface area contributed by atoms with Crippen LogP contribution in [0.15, 0.2) is 10.6 Å². The molecule has 0 atom stereocenters. The molecule has 0 saturated heterocycles. The fraction of sp³-hybridized carbons (Fsp3) is 0.500. The number of pyridine rings is 1. The Hall–Kier alpha value is -1.91. The molecule has 1 amide bonds. The maximum absolute atomic E-state index is 12.4. The highest BCUT2D eigenvalue weighted by Gasteiger charge is 2.22. The van der Waals surface area contributed by atoms with Crippen LogP contribution >= 0.6 is 0 Å². The number of amides is 1. The number of aryl methyl sites for hydroxylation is 2. The zero-order valence-electron chi connectivity index (χ0n) is 11.2. The monoisotopic (exact) mass is 259 g/mol. The first-order valence-corrected chi connectivity index (χ1v) is 6.69. The van der Waals surface area contributed by atoms with Gasteiger partial charge in [0.15, 0.2) is 0 Å². The SMILES string of the molecule is Cc1cc(C(=O)NC2CCCC2)c2c(C)noc2n1. The Bertz CT molecular complexity index is 627. The lowest BCUT2D eigenvalue weighted by atomic mass is 10.1. The minimum Gasteiger partial charge on any atom is -0.349 e. The molecular weight excluding hydrogens is 242 g/mol. The van der Waals surface area contributed by atoms with Crippen LogP contribution in [0.1, 0.15) is 47.4 Å². The van der Waals surface area contributed by atoms with Gasteiger partial charge in [-0.3, -0.25) is 4.79 Å². The molecule has 1 N–H and O–H groups in total. The first-order chi connectivity index (χ1) is 9.15. The van der Waals surface area contributed by atoms with Crippen LogP contribution < -0.4 is 5.32 Å². The van der Waals surface area contributed by atoms with Crippen LogP contribution in [0.5, 0.6) is 0 Å². The van der Waals surface area contributed by atoms with Crippen LogP contribution in [-0.2, 0) is 0 Å². The molecule has 5 heteroatoms. The lowest BCUT2D eigenvalue weighted by Gasteiger charge is -2.12. The highest BCUT2D eigenvalue weighted by molar-refractivity contribution is 6.06. The first kappa shape index (κ1) is 12.1. The van der Waals surface area contributed by atoms with Crippen LogP contribution in [0.3, 0.4) is 0 Å². The van der Waals surface area contributed by atoms with E-state index in [-0.39, 0.29) is 5.91 Å². The highest BCUT2D eigenvalue weighted by atomic mass is 16.5. The summed E-state index contributed by atoms with van der Waals surface area (Å²) in [7, 11) is 0. The Morgan fingerprint density at radius 2 is 2.11 bits per heavy atom. The number of carbonyl (C=O) groups is 1. The number of aromatic nitrogens is 2. The lowest BCUT2D eigenvalue weighted by molar-refractivity contribution is 0.0939. The fourth-order valence-electron chi connectivity index (χ4n) is 2.73. The van der Waals surface area contributed by atoms with Crippen molar-refractivity contribution in [2.75, 3.05) is 0 Å². The molecule has 1 saturated carbocycles. The topological polar surface area (TPSA) is 68.0 Å². The van der Waals surface area contributed by atoms with Crippen molar-refractivity contribution in [1.82, 2.24) is 15.5 Å². The smallest absolute Gasteiger partial charge is 0.258 e. The van der Waals surface area contributed by atoms with Gasteiger partial charge in [0.05, 0.1) is 16.6 Å². The average molecular weight is 259 g/mol. The van der Waals surface area contributed by atoms with Crippen LogP contribution in [0.25, 0.3) is 11.1 Å². The predicted molar refractivity (Wildman–Crippen MR) is 71.0 cm³/mol. The molecular formula is C14H17N3O2. The van der Waals surface area contributed by atoms with Crippen molar-refractivity contribution in [3.8, 4) is 0 Å². The van der Waals surface area contributed by atoms with Gasteiger partial charge in [-0.05, 0) is 32.8 Å². The molecule has 0 spiro atoms. The van der Waals surface area contributed by atoms with Gasteiger partial charge in [-0.2, -0.15) is 0 Å². The second kappa shape index (κ2) is 4.64. The Labute approximate surface area is 111 Å². The molecule has 0 bridgehead atoms. The average Bonchev–Trinajstić information content (AvgIpc) is 2.99. The Morgan fingerprint density at radius 1 is 1.37 bits per heavy atom. The minimum atomic E-state index is -0.0475. The van der Waals surface area contributed by atoms with E-state index in [0.717, 1.165) is 23.9 Å². The van der Waals surface area contributed by atoms with Gasteiger partial charge in [0.1, 0.15) is 0 Å². The van der Waals surface area contributed by atoms with E-state index < -0.39 is 0 Å². The van der Waals surface area contributed by atoms with Crippen LogP contribution in [0, 0.1) is 13.8 Å². The summed E-state index contributed by atoms with van der Waals surface area (Å²) in [6.45, 7) is 3.68. The Morgan fingerprint density at radius 3 is 2.84 bits per heavy atom. The largest absolute Gasteiger partial charge is 0.349 e. The van der Waals surface area contributed by atoms with Gasteiger partial charge >= 0.3 is 0 Å². The summed E-state index contributed by atoms with van der Waals surface area (Å²) in [6.07, 6.45) is 4.53. The number of nitrogens with one attached hydrogen (secondary N) is 1. The van der Waals surface area contributed by atoms with Crippen LogP contribution in [0.2, 0.25) is 0 Å². The van der Waals surface area contributed by atoms with Crippen molar-refractivity contribution in [1.29, 1.82) is 0 Å². The number of rotatable bonds is 2. The van der Waals surface area contributed by atoms with Crippen LogP contribution in [-0.4, -0.2) is 22.1 Å². The molecule has 0 radical (unpaired) electrons. The summed E-state index contributed by atoms with van der Waals surface area (Å²) < 4.78 is 5.15. The normalized spacial score (nSPS) is 16.1. The number of hydrogen-bond acceptors (Lipinski definition) is 4. The molecule has 0 aromatic carbocycles. The van der Waals surface area contributed by atoms with E-state index in [1.54, 1.807) is 6.07 Å². The van der Waals surface area contributed by atoms with Gasteiger partial charge in [-0.15, -0.1) is 0 Å². The quantitative estimate of drug-likeness (QED) is 0.899. The Kier molecular flexibility index (Phi) is 2.97. The molecule has 19 heavy (non-hydrogen) atoms. The standard InChI is InChI=1S/C14H17N3O2/c1-8-7-11(12-9(2)17-19-14(12)15-8)13(18)16-10-5-3-4-6-10/h7,10H,3-6H2,1-2H3,(H,16,18). The van der Waals surface area contributed by atoms with Crippen molar-refractivity contribution < 1.29 is 9.32 Å². The maximum Gasteiger partial charge on any atom is 0.258 e. The summed E-state index contributed by atoms with van der Waals surface area (Å²) >= 11 is 0. The Balaban J connectivity index is 1.98. The van der Waals surface area contributed by atoms with Crippen LogP contribution in [0.4, 0.5) is 0 Å². The third-order valence-electron chi connectivity index (χ3n) is 3.68. The third-order valence-corrected chi connectivity index (χ3v) is 3.68. The predicted octanol–water partition coefficient (Wildman–Crippen LogP) is 2.51. The van der Waals surface area contributed by atoms with Crippen molar-refractivity contribution in [2.24, 2.45) is 0 Å². The van der Waals surface area contributed by atoms with Gasteiger partial charge in [0, 0.05) is 11.7 Å². The zero-order chi connectivity index (χ0) is 13.4. The molecule has 100 valence electrons. The van der Waals surface area contributed by atoms with Gasteiger partial charge in [-0.1, -0.05) is 18.0 Å². The molecule has 1 fully saturated rings. The zero-order valence-corrected chi connectivity index (χ0v) is 11.2. The van der Waals surface area contributed by atoms with E-state index in [9.17, 15) is 4.79 Å². The number of nitrogens with zero attached hydrogens (tertiary/aromatic N) is 2. The molecule has 5 nitrogen and oxygen atoms in total. The van der Waals surface area contributed by atoms with E-state index in [2.05, 4.69) is 15.5 Å². The van der Waals surface area contributed by atoms with E-state index in [4.69, 9.17) is 4.52 Å². The molecule has 1 aliphatic carbocycles. The molecule has 1 aliphatic rings. The number of carbonyl (C=O) groups excluding carboxylic acids is 1. The van der Waals surface area contributed by atoms with Crippen molar-refractivity contribution in [3.63, 3.8) is 0 Å². The minimum absolute atomic E-state index is 0.0475. The maximum atomic E-state index is 12.4. The van der Waals surface area contributed by atoms with Crippen molar-refractivity contribution in [2.45, 2.75) is 45.6 Å². The lowest BCUT2D eigenvalue weighted by Crippen LogP contribution is -2.32. The molecule has 2 aromatic rings. The summed E-state index contributed by atoms with van der Waals surface area (Å²) in [4.78, 5) is 16.7. The van der Waals surface area contributed by atoms with E-state index in [1.165, 1.54) is 12.8 Å². The van der Waals surface area contributed by atoms with Gasteiger partial charge < -0.3 is 9.84 Å². The molecule has 0 unspecified atom stereocenters. The van der Waals surface area contributed by atoms with Crippen molar-refractivity contribution >= 4 is 17.0 Å². The van der Waals surface area contributed by atoms with Gasteiger partial charge in [-0.25, -0.2) is 4.98 Å². The van der Waals surface area contributed by atoms with E-state index in [1.807, 2.05) is 13.8 Å². The molecule has 3 rings (SSSR count). The van der Waals surface area contributed by atoms with E-state index >= 15 is 0 Å². The second-order valence-corrected chi connectivity index (χ2v) is 5.21. The fourth-order valence-corrected chi connectivity index (χ4v) is 2.73. The summed E-state index contributed by atoms with van der Waals surface area (Å²) in [5.41, 5.74) is 2.53. The van der Waals surface area contributed by atoms with Gasteiger partial charge in [0.2, 0.25) is 0 Å². The first-order valence-electron chi connectivity index (χ1n) is 6.69. The summed E-state index contributed by atoms with van der Waals surface area (Å²) in [5, 5.41) is 7.71. The second-order valence-electron chi connectivity index (χ2n) is 5.21. The molecule has 2 heterocycles. The highest BCUT2D eigenvalue weighted by Crippen LogP contribution is 2.23. The summed E-state index contributed by atoms with van der Waals surface area (Å²) in [5.74, 6) is -0.0475. The molecule has 0 aliphatic heterocycles. The number of fused-ring (bicyclic) bond motifs is 1. The summed E-state index contributed by atoms with van der Waals surface area (Å²) in [6, 6.07) is 2.10. The third kappa shape index (κ3) is 2.20. The van der Waals surface area contributed by atoms with Gasteiger partial charge in [0.25, 0.3) is 11.6 Å². The van der Waals surface area contributed by atoms with E-state index in [0.29, 0.717) is 23.0 Å². The molecule has 2 aromatic heterocycles.